The molecule has 20 heavy (non-hydrogen) atoms. The summed E-state index contributed by atoms with van der Waals surface area (Å²) in [6.45, 7) is 3.78. The van der Waals surface area contributed by atoms with E-state index in [9.17, 15) is 18.0 Å². The molecule has 110 valence electrons. The number of alkyl halides is 3. The Morgan fingerprint density at radius 1 is 1.35 bits per heavy atom. The van der Waals surface area contributed by atoms with E-state index in [4.69, 9.17) is 9.47 Å². The SMILES string of the molecule is CCO/C=C/c1cc(C(F)(F)F)cnc1C(=O)OCC. The van der Waals surface area contributed by atoms with E-state index < -0.39 is 17.7 Å². The molecule has 0 saturated carbocycles. The third kappa shape index (κ3) is 4.25. The van der Waals surface area contributed by atoms with E-state index in [0.717, 1.165) is 6.07 Å². The van der Waals surface area contributed by atoms with Crippen molar-refractivity contribution in [3.8, 4) is 0 Å². The summed E-state index contributed by atoms with van der Waals surface area (Å²) in [7, 11) is 0. The lowest BCUT2D eigenvalue weighted by Gasteiger charge is -2.10. The molecule has 1 rings (SSSR count). The van der Waals surface area contributed by atoms with Gasteiger partial charge in [-0.15, -0.1) is 0 Å². The van der Waals surface area contributed by atoms with Gasteiger partial charge in [0.25, 0.3) is 0 Å². The Morgan fingerprint density at radius 3 is 2.60 bits per heavy atom. The van der Waals surface area contributed by atoms with Crippen molar-refractivity contribution in [1.29, 1.82) is 0 Å². The predicted molar refractivity (Wildman–Crippen MR) is 65.9 cm³/mol. The molecule has 0 amide bonds. The van der Waals surface area contributed by atoms with E-state index in [-0.39, 0.29) is 17.9 Å². The van der Waals surface area contributed by atoms with Gasteiger partial charge in [0, 0.05) is 11.8 Å². The van der Waals surface area contributed by atoms with Crippen molar-refractivity contribution >= 4 is 12.0 Å². The highest BCUT2D eigenvalue weighted by Crippen LogP contribution is 2.30. The summed E-state index contributed by atoms with van der Waals surface area (Å²) in [6.07, 6.45) is -1.48. The van der Waals surface area contributed by atoms with E-state index in [1.807, 2.05) is 0 Å². The number of hydrogen-bond donors (Lipinski definition) is 0. The van der Waals surface area contributed by atoms with Gasteiger partial charge < -0.3 is 9.47 Å². The largest absolute Gasteiger partial charge is 0.501 e. The molecule has 0 radical (unpaired) electrons. The zero-order valence-electron chi connectivity index (χ0n) is 11.0. The van der Waals surface area contributed by atoms with Crippen molar-refractivity contribution in [3.63, 3.8) is 0 Å². The van der Waals surface area contributed by atoms with Gasteiger partial charge in [-0.05, 0) is 26.0 Å². The normalized spacial score (nSPS) is 11.7. The van der Waals surface area contributed by atoms with Crippen molar-refractivity contribution in [2.75, 3.05) is 13.2 Å². The van der Waals surface area contributed by atoms with Gasteiger partial charge in [0.05, 0.1) is 25.0 Å². The van der Waals surface area contributed by atoms with Crippen LogP contribution in [0.5, 0.6) is 0 Å². The maximum absolute atomic E-state index is 12.6. The molecule has 0 bridgehead atoms. The Kier molecular flexibility index (Phi) is 5.54. The number of pyridine rings is 1. The molecule has 1 aromatic rings. The highest BCUT2D eigenvalue weighted by Gasteiger charge is 2.32. The minimum atomic E-state index is -4.53. The van der Waals surface area contributed by atoms with Crippen molar-refractivity contribution < 1.29 is 27.4 Å². The molecular weight excluding hydrogens is 275 g/mol. The van der Waals surface area contributed by atoms with Crippen LogP contribution in [0.2, 0.25) is 0 Å². The lowest BCUT2D eigenvalue weighted by Crippen LogP contribution is -2.12. The maximum atomic E-state index is 12.6. The van der Waals surface area contributed by atoms with Gasteiger partial charge in [-0.1, -0.05) is 0 Å². The van der Waals surface area contributed by atoms with Crippen LogP contribution < -0.4 is 0 Å². The van der Waals surface area contributed by atoms with Gasteiger partial charge in [-0.25, -0.2) is 9.78 Å². The van der Waals surface area contributed by atoms with Gasteiger partial charge >= 0.3 is 12.1 Å². The van der Waals surface area contributed by atoms with Crippen LogP contribution in [-0.2, 0) is 15.7 Å². The van der Waals surface area contributed by atoms with Gasteiger partial charge in [0.1, 0.15) is 0 Å². The number of carbonyl (C=O) groups excluding carboxylic acids is 1. The molecule has 0 unspecified atom stereocenters. The summed E-state index contributed by atoms with van der Waals surface area (Å²) in [6, 6.07) is 0.828. The van der Waals surface area contributed by atoms with Gasteiger partial charge in [-0.3, -0.25) is 0 Å². The van der Waals surface area contributed by atoms with E-state index in [0.29, 0.717) is 12.8 Å². The van der Waals surface area contributed by atoms with E-state index >= 15 is 0 Å². The van der Waals surface area contributed by atoms with Crippen LogP contribution in [0.25, 0.3) is 6.08 Å². The Balaban J connectivity index is 3.19. The fraction of sp³-hybridized carbons (Fsp3) is 0.385. The maximum Gasteiger partial charge on any atom is 0.417 e. The van der Waals surface area contributed by atoms with Crippen molar-refractivity contribution in [2.45, 2.75) is 20.0 Å². The Bertz CT molecular complexity index is 498. The fourth-order valence-corrected chi connectivity index (χ4v) is 1.35. The van der Waals surface area contributed by atoms with Crippen LogP contribution in [0, 0.1) is 0 Å². The molecule has 1 heterocycles. The zero-order valence-corrected chi connectivity index (χ0v) is 11.0. The third-order valence-electron chi connectivity index (χ3n) is 2.22. The average molecular weight is 289 g/mol. The van der Waals surface area contributed by atoms with Gasteiger partial charge in [0.2, 0.25) is 0 Å². The minimum absolute atomic E-state index is 0.00766. The molecule has 0 saturated heterocycles. The van der Waals surface area contributed by atoms with Crippen LogP contribution in [0.15, 0.2) is 18.5 Å². The van der Waals surface area contributed by atoms with E-state index in [2.05, 4.69) is 4.98 Å². The van der Waals surface area contributed by atoms with E-state index in [1.54, 1.807) is 13.8 Å². The Hall–Kier alpha value is -2.05. The molecule has 0 aliphatic carbocycles. The van der Waals surface area contributed by atoms with Crippen LogP contribution in [0.3, 0.4) is 0 Å². The molecule has 0 aliphatic rings. The lowest BCUT2D eigenvalue weighted by atomic mass is 10.1. The number of hydrogen-bond acceptors (Lipinski definition) is 4. The molecule has 4 nitrogen and oxygen atoms in total. The van der Waals surface area contributed by atoms with Crippen LogP contribution in [0.1, 0.15) is 35.5 Å². The van der Waals surface area contributed by atoms with E-state index in [1.165, 1.54) is 12.3 Å². The second-order valence-electron chi connectivity index (χ2n) is 3.64. The summed E-state index contributed by atoms with van der Waals surface area (Å²) >= 11 is 0. The summed E-state index contributed by atoms with van der Waals surface area (Å²) in [5.74, 6) is -0.780. The first-order valence-corrected chi connectivity index (χ1v) is 5.92. The molecule has 0 aromatic carbocycles. The molecule has 0 aliphatic heterocycles. The predicted octanol–water partition coefficient (Wildman–Crippen LogP) is 3.28. The number of aromatic nitrogens is 1. The third-order valence-corrected chi connectivity index (χ3v) is 2.22. The van der Waals surface area contributed by atoms with Gasteiger partial charge in [0.15, 0.2) is 5.69 Å². The summed E-state index contributed by atoms with van der Waals surface area (Å²) in [4.78, 5) is 15.2. The first-order chi connectivity index (χ1) is 9.40. The average Bonchev–Trinajstić information content (AvgIpc) is 2.38. The van der Waals surface area contributed by atoms with Gasteiger partial charge in [-0.2, -0.15) is 13.2 Å². The monoisotopic (exact) mass is 289 g/mol. The number of nitrogens with zero attached hydrogens (tertiary/aromatic N) is 1. The molecule has 0 N–H and O–H groups in total. The van der Waals surface area contributed by atoms with Crippen LogP contribution >= 0.6 is 0 Å². The number of rotatable bonds is 5. The zero-order chi connectivity index (χ0) is 15.2. The number of carbonyl (C=O) groups is 1. The minimum Gasteiger partial charge on any atom is -0.501 e. The van der Waals surface area contributed by atoms with Crippen LogP contribution in [0.4, 0.5) is 13.2 Å². The highest BCUT2D eigenvalue weighted by molar-refractivity contribution is 5.91. The first kappa shape index (κ1) is 16.0. The molecule has 0 atom stereocenters. The lowest BCUT2D eigenvalue weighted by molar-refractivity contribution is -0.137. The summed E-state index contributed by atoms with van der Waals surface area (Å²) < 4.78 is 47.5. The number of esters is 1. The van der Waals surface area contributed by atoms with Crippen LogP contribution in [-0.4, -0.2) is 24.2 Å². The van der Waals surface area contributed by atoms with Crippen molar-refractivity contribution in [1.82, 2.24) is 4.98 Å². The quantitative estimate of drug-likeness (QED) is 0.616. The smallest absolute Gasteiger partial charge is 0.417 e. The number of ether oxygens (including phenoxy) is 2. The second kappa shape index (κ2) is 6.93. The second-order valence-corrected chi connectivity index (χ2v) is 3.64. The molecule has 7 heteroatoms. The summed E-state index contributed by atoms with van der Waals surface area (Å²) in [5, 5.41) is 0. The molecule has 0 spiro atoms. The first-order valence-electron chi connectivity index (χ1n) is 5.92. The number of halogens is 3. The fourth-order valence-electron chi connectivity index (χ4n) is 1.35. The van der Waals surface area contributed by atoms with Crippen molar-refractivity contribution in [3.05, 3.63) is 35.3 Å². The summed E-state index contributed by atoms with van der Waals surface area (Å²) in [5.41, 5.74) is -1.13. The van der Waals surface area contributed by atoms with Crippen molar-refractivity contribution in [2.24, 2.45) is 0 Å². The Labute approximate surface area is 114 Å². The molecule has 0 fully saturated rings. The highest BCUT2D eigenvalue weighted by atomic mass is 19.4. The standard InChI is InChI=1S/C13H14F3NO3/c1-3-19-6-5-9-7-10(13(14,15)16)8-17-11(9)12(18)20-4-2/h5-8H,3-4H2,1-2H3/b6-5+. The topological polar surface area (TPSA) is 48.4 Å². The molecule has 1 aromatic heterocycles. The Morgan fingerprint density at radius 2 is 2.05 bits per heavy atom. The molecular formula is C13H14F3NO3.